The maximum atomic E-state index is 9.74. The molecule has 2 aromatic heterocycles. The fraction of sp³-hybridized carbons (Fsp3) is 0.312. The van der Waals surface area contributed by atoms with Crippen LogP contribution in [-0.2, 0) is 19.6 Å². The van der Waals surface area contributed by atoms with Gasteiger partial charge in [0.15, 0.2) is 10.8 Å². The summed E-state index contributed by atoms with van der Waals surface area (Å²) in [5.41, 5.74) is 3.70. The minimum absolute atomic E-state index is 0.0192. The molecule has 0 saturated carbocycles. The number of aliphatic hydroxyl groups excluding tert-OH is 1. The lowest BCUT2D eigenvalue weighted by atomic mass is 10.0. The van der Waals surface area contributed by atoms with Crippen molar-refractivity contribution in [3.63, 3.8) is 0 Å². The van der Waals surface area contributed by atoms with E-state index < -0.39 is 0 Å². The predicted molar refractivity (Wildman–Crippen MR) is 84.8 cm³/mol. The van der Waals surface area contributed by atoms with Crippen molar-refractivity contribution in [1.29, 1.82) is 0 Å². The summed E-state index contributed by atoms with van der Waals surface area (Å²) >= 11 is 1.61. The molecule has 21 heavy (non-hydrogen) atoms. The molecule has 3 aromatic rings. The van der Waals surface area contributed by atoms with Gasteiger partial charge in [-0.3, -0.25) is 4.40 Å². The highest BCUT2D eigenvalue weighted by molar-refractivity contribution is 7.15. The van der Waals surface area contributed by atoms with E-state index in [0.29, 0.717) is 0 Å². The molecule has 0 fully saturated rings. The molecule has 0 radical (unpaired) electrons. The largest absolute Gasteiger partial charge is 0.390 e. The molecular weight excluding hydrogens is 282 g/mol. The van der Waals surface area contributed by atoms with E-state index in [1.807, 2.05) is 16.0 Å². The van der Waals surface area contributed by atoms with Crippen molar-refractivity contribution in [1.82, 2.24) is 9.38 Å². The summed E-state index contributed by atoms with van der Waals surface area (Å²) in [7, 11) is 0. The Kier molecular flexibility index (Phi) is 3.16. The number of thiazole rings is 1. The Labute approximate surface area is 127 Å². The van der Waals surface area contributed by atoms with Crippen LogP contribution in [0.3, 0.4) is 0 Å². The molecule has 1 aliphatic rings. The highest BCUT2D eigenvalue weighted by atomic mass is 32.1. The lowest BCUT2D eigenvalue weighted by Crippen LogP contribution is -2.24. The number of hydrogen-bond donors (Lipinski definition) is 1. The van der Waals surface area contributed by atoms with Crippen LogP contribution in [0, 0.1) is 0 Å². The average molecular weight is 299 g/mol. The number of imidazole rings is 1. The lowest BCUT2D eigenvalue weighted by molar-refractivity contribution is 0.276. The fourth-order valence-corrected chi connectivity index (χ4v) is 3.83. The summed E-state index contributed by atoms with van der Waals surface area (Å²) in [6, 6.07) is 8.63. The molecule has 0 atom stereocenters. The first kappa shape index (κ1) is 12.9. The van der Waals surface area contributed by atoms with E-state index in [0.717, 1.165) is 42.4 Å². The van der Waals surface area contributed by atoms with Crippen LogP contribution >= 0.6 is 11.3 Å². The third-order valence-corrected chi connectivity index (χ3v) is 4.90. The maximum absolute atomic E-state index is 9.74. The van der Waals surface area contributed by atoms with Crippen LogP contribution < -0.4 is 4.90 Å². The van der Waals surface area contributed by atoms with Gasteiger partial charge in [0, 0.05) is 24.7 Å². The van der Waals surface area contributed by atoms with Gasteiger partial charge in [0.05, 0.1) is 12.3 Å². The number of aliphatic hydroxyl groups is 1. The lowest BCUT2D eigenvalue weighted by Gasteiger charge is -2.21. The number of anilines is 1. The molecule has 1 aromatic carbocycles. The number of aromatic nitrogens is 2. The molecule has 0 saturated heterocycles. The Bertz CT molecular complexity index is 777. The summed E-state index contributed by atoms with van der Waals surface area (Å²) in [6.07, 6.45) is 4.21. The van der Waals surface area contributed by atoms with Crippen LogP contribution in [0.2, 0.25) is 0 Å². The molecule has 1 N–H and O–H groups in total. The topological polar surface area (TPSA) is 40.8 Å². The third kappa shape index (κ3) is 2.13. The van der Waals surface area contributed by atoms with Crippen LogP contribution in [0.5, 0.6) is 0 Å². The number of benzene rings is 1. The normalized spacial score (nSPS) is 15.2. The Morgan fingerprint density at radius 3 is 2.95 bits per heavy atom. The molecule has 3 heterocycles. The van der Waals surface area contributed by atoms with E-state index in [2.05, 4.69) is 29.2 Å². The zero-order valence-corrected chi connectivity index (χ0v) is 12.5. The fourth-order valence-electron chi connectivity index (χ4n) is 3.10. The first-order valence-electron chi connectivity index (χ1n) is 7.24. The molecule has 4 nitrogen and oxygen atoms in total. The summed E-state index contributed by atoms with van der Waals surface area (Å²) in [5, 5.41) is 11.7. The quantitative estimate of drug-likeness (QED) is 0.791. The van der Waals surface area contributed by atoms with Gasteiger partial charge in [-0.15, -0.1) is 11.3 Å². The summed E-state index contributed by atoms with van der Waals surface area (Å²) in [6.45, 7) is 1.87. The Hall–Kier alpha value is -1.85. The molecule has 108 valence electrons. The molecule has 0 spiro atoms. The summed E-state index contributed by atoms with van der Waals surface area (Å²) in [5.74, 6) is 0.932. The van der Waals surface area contributed by atoms with Gasteiger partial charge in [0.25, 0.3) is 0 Å². The second-order valence-corrected chi connectivity index (χ2v) is 6.26. The van der Waals surface area contributed by atoms with Crippen molar-refractivity contribution in [2.24, 2.45) is 0 Å². The van der Waals surface area contributed by atoms with Gasteiger partial charge in [-0.1, -0.05) is 24.3 Å². The molecule has 0 bridgehead atoms. The average Bonchev–Trinajstić information content (AvgIpc) is 3.01. The number of aryl methyl sites for hydroxylation is 1. The van der Waals surface area contributed by atoms with Crippen molar-refractivity contribution < 1.29 is 5.11 Å². The van der Waals surface area contributed by atoms with Crippen molar-refractivity contribution in [2.75, 3.05) is 11.4 Å². The standard InChI is InChI=1S/C16H17N3OS/c20-11-14-15(17-16-19(14)8-9-21-16)18-7-3-6-12-4-1-2-5-13(12)10-18/h1-2,4-5,8-9,20H,3,6-7,10-11H2. The Balaban J connectivity index is 1.76. The monoisotopic (exact) mass is 299 g/mol. The molecule has 5 heteroatoms. The van der Waals surface area contributed by atoms with Crippen molar-refractivity contribution >= 4 is 22.1 Å². The zero-order valence-electron chi connectivity index (χ0n) is 11.7. The minimum atomic E-state index is 0.0192. The minimum Gasteiger partial charge on any atom is -0.390 e. The van der Waals surface area contributed by atoms with Gasteiger partial charge in [-0.2, -0.15) is 0 Å². The Morgan fingerprint density at radius 2 is 2.10 bits per heavy atom. The van der Waals surface area contributed by atoms with Gasteiger partial charge in [-0.25, -0.2) is 4.98 Å². The third-order valence-electron chi connectivity index (χ3n) is 4.14. The highest BCUT2D eigenvalue weighted by Gasteiger charge is 2.21. The summed E-state index contributed by atoms with van der Waals surface area (Å²) in [4.78, 5) is 7.98. The molecule has 1 aliphatic heterocycles. The van der Waals surface area contributed by atoms with Gasteiger partial charge >= 0.3 is 0 Å². The van der Waals surface area contributed by atoms with Crippen LogP contribution in [0.1, 0.15) is 23.2 Å². The van der Waals surface area contributed by atoms with Gasteiger partial charge in [-0.05, 0) is 24.0 Å². The number of fused-ring (bicyclic) bond motifs is 2. The molecule has 0 unspecified atom stereocenters. The highest BCUT2D eigenvalue weighted by Crippen LogP contribution is 2.28. The van der Waals surface area contributed by atoms with Crippen LogP contribution in [0.4, 0.5) is 5.82 Å². The van der Waals surface area contributed by atoms with Gasteiger partial charge < -0.3 is 10.0 Å². The second kappa shape index (κ2) is 5.16. The molecular formula is C16H17N3OS. The number of rotatable bonds is 2. The van der Waals surface area contributed by atoms with E-state index in [4.69, 9.17) is 4.98 Å². The van der Waals surface area contributed by atoms with E-state index >= 15 is 0 Å². The molecule has 0 amide bonds. The first-order chi connectivity index (χ1) is 10.4. The summed E-state index contributed by atoms with van der Waals surface area (Å²) < 4.78 is 2.00. The van der Waals surface area contributed by atoms with Crippen LogP contribution in [0.15, 0.2) is 35.8 Å². The molecule has 4 rings (SSSR count). The first-order valence-corrected chi connectivity index (χ1v) is 8.12. The van der Waals surface area contributed by atoms with Gasteiger partial charge in [0.2, 0.25) is 0 Å². The van der Waals surface area contributed by atoms with Crippen molar-refractivity contribution in [3.05, 3.63) is 52.7 Å². The SMILES string of the molecule is OCc1c(N2CCCc3ccccc3C2)nc2sccn12. The maximum Gasteiger partial charge on any atom is 0.195 e. The smallest absolute Gasteiger partial charge is 0.195 e. The van der Waals surface area contributed by atoms with Crippen LogP contribution in [-0.4, -0.2) is 21.0 Å². The van der Waals surface area contributed by atoms with E-state index in [9.17, 15) is 5.11 Å². The predicted octanol–water partition coefficient (Wildman–Crippen LogP) is 2.84. The zero-order chi connectivity index (χ0) is 14.2. The number of nitrogens with zero attached hydrogens (tertiary/aromatic N) is 3. The van der Waals surface area contributed by atoms with E-state index in [1.165, 1.54) is 11.1 Å². The van der Waals surface area contributed by atoms with Crippen molar-refractivity contribution in [2.45, 2.75) is 26.0 Å². The van der Waals surface area contributed by atoms with Crippen LogP contribution in [0.25, 0.3) is 4.96 Å². The number of hydrogen-bond acceptors (Lipinski definition) is 4. The molecule has 0 aliphatic carbocycles. The van der Waals surface area contributed by atoms with Crippen molar-refractivity contribution in [3.8, 4) is 0 Å². The van der Waals surface area contributed by atoms with E-state index in [1.54, 1.807) is 11.3 Å². The Morgan fingerprint density at radius 1 is 1.24 bits per heavy atom. The second-order valence-electron chi connectivity index (χ2n) is 5.39. The van der Waals surface area contributed by atoms with Gasteiger partial charge in [0.1, 0.15) is 0 Å². The van der Waals surface area contributed by atoms with E-state index in [-0.39, 0.29) is 6.61 Å².